The number of urea groups is 1. The highest BCUT2D eigenvalue weighted by atomic mass is 32.2. The molecule has 5 rings (SSSR count). The van der Waals surface area contributed by atoms with Crippen molar-refractivity contribution in [1.82, 2.24) is 19.7 Å². The van der Waals surface area contributed by atoms with Crippen molar-refractivity contribution in [1.29, 1.82) is 0 Å². The van der Waals surface area contributed by atoms with Gasteiger partial charge in [-0.25, -0.2) is 14.5 Å². The first-order chi connectivity index (χ1) is 21.8. The molecule has 0 atom stereocenters. The molecule has 1 aliphatic heterocycles. The number of nitrogens with zero attached hydrogens (tertiary/aromatic N) is 5. The lowest BCUT2D eigenvalue weighted by atomic mass is 9.92. The van der Waals surface area contributed by atoms with E-state index in [-0.39, 0.29) is 17.4 Å². The number of carbonyl (C=O) groups excluding carboxylic acids is 2. The van der Waals surface area contributed by atoms with Gasteiger partial charge in [-0.15, -0.1) is 0 Å². The Bertz CT molecular complexity index is 1840. The van der Waals surface area contributed by atoms with E-state index in [4.69, 9.17) is 14.6 Å². The molecule has 1 aliphatic rings. The zero-order valence-corrected chi connectivity index (χ0v) is 29.1. The third-order valence-electron chi connectivity index (χ3n) is 7.53. The molecule has 0 saturated carbocycles. The highest BCUT2D eigenvalue weighted by Gasteiger charge is 2.30. The smallest absolute Gasteiger partial charge is 0.324 e. The number of pyridine rings is 1. The maximum atomic E-state index is 13.4. The second kappa shape index (κ2) is 13.7. The van der Waals surface area contributed by atoms with Gasteiger partial charge in [0.05, 0.1) is 29.5 Å². The maximum Gasteiger partial charge on any atom is 0.324 e. The molecule has 3 heterocycles. The van der Waals surface area contributed by atoms with Crippen LogP contribution < -0.4 is 15.5 Å². The molecule has 0 bridgehead atoms. The molecule has 1 fully saturated rings. The Balaban J connectivity index is 0.000000930. The molecule has 1 saturated heterocycles. The summed E-state index contributed by atoms with van der Waals surface area (Å²) in [5.41, 5.74) is 2.92. The van der Waals surface area contributed by atoms with Crippen molar-refractivity contribution in [2.24, 2.45) is 5.41 Å². The van der Waals surface area contributed by atoms with Gasteiger partial charge in [0, 0.05) is 53.8 Å². The van der Waals surface area contributed by atoms with Gasteiger partial charge in [0.15, 0.2) is 0 Å². The second-order valence-corrected chi connectivity index (χ2v) is 15.3. The van der Waals surface area contributed by atoms with Crippen molar-refractivity contribution < 1.29 is 22.6 Å². The van der Waals surface area contributed by atoms with Crippen molar-refractivity contribution >= 4 is 50.2 Å². The number of anilines is 3. The van der Waals surface area contributed by atoms with Gasteiger partial charge in [-0.3, -0.25) is 14.7 Å². The van der Waals surface area contributed by atoms with Gasteiger partial charge in [0.1, 0.15) is 11.6 Å². The Morgan fingerprint density at radius 3 is 2.00 bits per heavy atom. The van der Waals surface area contributed by atoms with Crippen LogP contribution in [0.2, 0.25) is 0 Å². The van der Waals surface area contributed by atoms with Crippen LogP contribution in [0, 0.1) is 12.3 Å². The molecule has 3 N–H and O–H groups in total. The van der Waals surface area contributed by atoms with Crippen LogP contribution in [-0.4, -0.2) is 77.0 Å². The Morgan fingerprint density at radius 2 is 1.45 bits per heavy atom. The van der Waals surface area contributed by atoms with Crippen molar-refractivity contribution in [3.63, 3.8) is 0 Å². The summed E-state index contributed by atoms with van der Waals surface area (Å²) < 4.78 is 27.6. The molecule has 0 spiro atoms. The number of amides is 3. The fourth-order valence-electron chi connectivity index (χ4n) is 5.11. The summed E-state index contributed by atoms with van der Waals surface area (Å²) in [4.78, 5) is 35.0. The molecule has 3 amide bonds. The highest BCUT2D eigenvalue weighted by molar-refractivity contribution is 7.85. The molecule has 47 heavy (non-hydrogen) atoms. The predicted molar refractivity (Wildman–Crippen MR) is 187 cm³/mol. The van der Waals surface area contributed by atoms with Gasteiger partial charge in [0.25, 0.3) is 10.1 Å². The number of benzene rings is 2. The molecule has 252 valence electrons. The average molecular weight is 664 g/mol. The third-order valence-corrected chi connectivity index (χ3v) is 7.53. The van der Waals surface area contributed by atoms with Gasteiger partial charge in [-0.2, -0.15) is 13.5 Å². The van der Waals surface area contributed by atoms with Crippen LogP contribution >= 0.6 is 0 Å². The highest BCUT2D eigenvalue weighted by Crippen LogP contribution is 2.32. The summed E-state index contributed by atoms with van der Waals surface area (Å²) in [6.45, 7) is 16.9. The minimum atomic E-state index is -3.67. The van der Waals surface area contributed by atoms with Crippen molar-refractivity contribution in [3.8, 4) is 5.69 Å². The monoisotopic (exact) mass is 663 g/mol. The van der Waals surface area contributed by atoms with Crippen LogP contribution in [0.3, 0.4) is 0 Å². The normalized spacial score (nSPS) is 14.0. The zero-order chi connectivity index (χ0) is 34.7. The number of piperazine rings is 1. The number of hydrogen-bond donors (Lipinski definition) is 3. The van der Waals surface area contributed by atoms with E-state index < -0.39 is 15.5 Å². The average Bonchev–Trinajstić information content (AvgIpc) is 3.40. The summed E-state index contributed by atoms with van der Waals surface area (Å²) in [5.74, 6) is 1.60. The predicted octanol–water partition coefficient (Wildman–Crippen LogP) is 5.87. The van der Waals surface area contributed by atoms with Gasteiger partial charge in [-0.05, 0) is 19.1 Å². The minimum absolute atomic E-state index is 0.170. The fraction of sp³-hybridized carbons (Fsp3) is 0.412. The maximum absolute atomic E-state index is 13.4. The number of aromatic nitrogens is 3. The summed E-state index contributed by atoms with van der Waals surface area (Å²) in [5, 5.41) is 12.7. The lowest BCUT2D eigenvalue weighted by Gasteiger charge is -2.38. The third kappa shape index (κ3) is 9.29. The largest absolute Gasteiger partial charge is 0.353 e. The Hall–Kier alpha value is -4.49. The first kappa shape index (κ1) is 35.4. The zero-order valence-electron chi connectivity index (χ0n) is 28.3. The number of fused-ring (bicyclic) bond motifs is 1. The lowest BCUT2D eigenvalue weighted by Crippen LogP contribution is -2.51. The van der Waals surface area contributed by atoms with E-state index in [0.29, 0.717) is 43.9 Å². The molecule has 12 nitrogen and oxygen atoms in total. The minimum Gasteiger partial charge on any atom is -0.353 e. The van der Waals surface area contributed by atoms with Crippen LogP contribution in [-0.2, 0) is 20.3 Å². The number of hydrogen-bond acceptors (Lipinski definition) is 7. The summed E-state index contributed by atoms with van der Waals surface area (Å²) in [7, 11) is -3.67. The SMILES string of the molecule is CS(=O)(=O)O.Cc1ccc(-n2nc(C(C)(C)C)cc2NC(=O)Nc2cnc(N3CCN(C(=O)C(C)(C)C)CC3)c3ccccc23)cc1. The second-order valence-electron chi connectivity index (χ2n) is 13.8. The Kier molecular flexibility index (Phi) is 10.3. The molecule has 2 aromatic heterocycles. The van der Waals surface area contributed by atoms with Gasteiger partial charge in [-0.1, -0.05) is 83.5 Å². The Morgan fingerprint density at radius 1 is 0.872 bits per heavy atom. The van der Waals surface area contributed by atoms with Gasteiger partial charge >= 0.3 is 6.03 Å². The van der Waals surface area contributed by atoms with E-state index in [2.05, 4.69) is 36.3 Å². The molecule has 0 radical (unpaired) electrons. The molecule has 2 aromatic carbocycles. The van der Waals surface area contributed by atoms with E-state index in [0.717, 1.165) is 33.5 Å². The van der Waals surface area contributed by atoms with Crippen molar-refractivity contribution in [2.75, 3.05) is 48.0 Å². The quantitative estimate of drug-likeness (QED) is 0.230. The van der Waals surface area contributed by atoms with E-state index >= 15 is 0 Å². The first-order valence-corrected chi connectivity index (χ1v) is 17.3. The van der Waals surface area contributed by atoms with Crippen LogP contribution in [0.5, 0.6) is 0 Å². The van der Waals surface area contributed by atoms with E-state index in [1.165, 1.54) is 0 Å². The van der Waals surface area contributed by atoms with Gasteiger partial charge in [0.2, 0.25) is 5.91 Å². The standard InChI is InChI=1S/C33H41N7O2.CH4O3S/c1-22-12-14-23(15-13-22)40-28(20-27(37-40)32(2,3)4)36-31(42)35-26-21-34-29(25-11-9-8-10-24(25)26)38-16-18-39(19-17-38)30(41)33(5,6)7;1-5(2,3)4/h8-15,20-21H,16-19H2,1-7H3,(H2,35,36,42);1H3,(H,2,3,4). The summed E-state index contributed by atoms with van der Waals surface area (Å²) in [6, 6.07) is 17.5. The number of nitrogens with one attached hydrogen (secondary N) is 2. The van der Waals surface area contributed by atoms with E-state index in [9.17, 15) is 18.0 Å². The van der Waals surface area contributed by atoms with Crippen LogP contribution in [0.1, 0.15) is 52.8 Å². The van der Waals surface area contributed by atoms with Crippen LogP contribution in [0.25, 0.3) is 16.5 Å². The van der Waals surface area contributed by atoms with Crippen LogP contribution in [0.15, 0.2) is 60.8 Å². The van der Waals surface area contributed by atoms with Crippen LogP contribution in [0.4, 0.5) is 22.1 Å². The van der Waals surface area contributed by atoms with Crippen molar-refractivity contribution in [2.45, 2.75) is 53.9 Å². The summed E-state index contributed by atoms with van der Waals surface area (Å²) in [6.07, 6.45) is 2.43. The number of rotatable bonds is 4. The Labute approximate surface area is 276 Å². The molecular formula is C34H45N7O5S. The van der Waals surface area contributed by atoms with E-state index in [1.54, 1.807) is 10.9 Å². The topological polar surface area (TPSA) is 150 Å². The number of aryl methyl sites for hydroxylation is 1. The first-order valence-electron chi connectivity index (χ1n) is 15.4. The molecule has 4 aromatic rings. The van der Waals surface area contributed by atoms with E-state index in [1.807, 2.05) is 87.2 Å². The van der Waals surface area contributed by atoms with Crippen molar-refractivity contribution in [3.05, 3.63) is 72.1 Å². The molecule has 0 aliphatic carbocycles. The molecular weight excluding hydrogens is 618 g/mol. The fourth-order valence-corrected chi connectivity index (χ4v) is 5.11. The molecule has 13 heteroatoms. The summed E-state index contributed by atoms with van der Waals surface area (Å²) >= 11 is 0. The van der Waals surface area contributed by atoms with Gasteiger partial charge < -0.3 is 15.1 Å². The number of carbonyl (C=O) groups is 2. The lowest BCUT2D eigenvalue weighted by molar-refractivity contribution is -0.139. The molecule has 0 unspecified atom stereocenters.